The van der Waals surface area contributed by atoms with Crippen LogP contribution in [-0.2, 0) is 16.2 Å². The van der Waals surface area contributed by atoms with Gasteiger partial charge in [0.15, 0.2) is 0 Å². The summed E-state index contributed by atoms with van der Waals surface area (Å²) in [6.45, 7) is 17.5. The molecule has 1 heterocycles. The first-order valence-corrected chi connectivity index (χ1v) is 21.1. The molecule has 302 valence electrons. The summed E-state index contributed by atoms with van der Waals surface area (Å²) in [7, 11) is 0. The van der Waals surface area contributed by atoms with E-state index in [1.165, 1.54) is 93.8 Å². The number of hydrogen-bond donors (Lipinski definition) is 1. The summed E-state index contributed by atoms with van der Waals surface area (Å²) >= 11 is -0.233. The topological polar surface area (TPSA) is 82.2 Å². The van der Waals surface area contributed by atoms with E-state index in [9.17, 15) is 15.2 Å². The Morgan fingerprint density at radius 2 is 1.24 bits per heavy atom. The van der Waals surface area contributed by atoms with Crippen molar-refractivity contribution in [2.24, 2.45) is 4.99 Å². The first kappa shape index (κ1) is 42.8. The van der Waals surface area contributed by atoms with Crippen molar-refractivity contribution >= 4 is 43.0 Å². The molecule has 0 atom stereocenters. The number of nitro groups is 1. The monoisotopic (exact) mass is 888 g/mol. The molecule has 6 aromatic rings. The van der Waals surface area contributed by atoms with Gasteiger partial charge in [0, 0.05) is 4.92 Å². The molecule has 2 aliphatic rings. The predicted molar refractivity (Wildman–Crippen MR) is 237 cm³/mol. The van der Waals surface area contributed by atoms with Crippen molar-refractivity contribution in [2.45, 2.75) is 48.5 Å². The number of benzene rings is 6. The average Bonchev–Trinajstić information content (AvgIpc) is 3.76. The second-order valence-corrected chi connectivity index (χ2v) is 17.1. The maximum absolute atomic E-state index is 10.7. The Balaban J connectivity index is 0.000000247. The van der Waals surface area contributed by atoms with Gasteiger partial charge in [-0.05, 0) is 25.3 Å². The quantitative estimate of drug-likeness (QED) is 0.0606. The van der Waals surface area contributed by atoms with Gasteiger partial charge in [0.05, 0.1) is 5.69 Å². The summed E-state index contributed by atoms with van der Waals surface area (Å²) in [5, 5.41) is 20.4. The molecule has 1 aliphatic carbocycles. The van der Waals surface area contributed by atoms with Gasteiger partial charge in [0.1, 0.15) is 5.75 Å². The third kappa shape index (κ3) is 9.25. The molecule has 1 fully saturated rings. The number of aromatic hydroxyl groups is 1. The summed E-state index contributed by atoms with van der Waals surface area (Å²) in [5.41, 5.74) is 17.9. The molecule has 8 rings (SSSR count). The van der Waals surface area contributed by atoms with E-state index in [1.54, 1.807) is 0 Å². The van der Waals surface area contributed by atoms with Gasteiger partial charge in [0.25, 0.3) is 0 Å². The Labute approximate surface area is 360 Å². The first-order valence-electron chi connectivity index (χ1n) is 19.3. The number of allylic oxidation sites excluding steroid dienone is 1. The number of hydrogen-bond acceptors (Lipinski definition) is 6. The molecular formula is C50H47ClN4O3Ru-2. The number of nitro benzene ring substituents is 1. The van der Waals surface area contributed by atoms with Crippen molar-refractivity contribution in [2.75, 3.05) is 22.9 Å². The molecule has 9 heteroatoms. The van der Waals surface area contributed by atoms with E-state index >= 15 is 0 Å². The van der Waals surface area contributed by atoms with E-state index in [0.29, 0.717) is 5.69 Å². The molecule has 0 spiro atoms. The molecule has 1 saturated heterocycles. The second kappa shape index (κ2) is 18.4. The van der Waals surface area contributed by atoms with Crippen LogP contribution in [-0.4, -0.2) is 37.8 Å². The van der Waals surface area contributed by atoms with Gasteiger partial charge in [-0.3, -0.25) is 10.1 Å². The number of halogens is 1. The summed E-state index contributed by atoms with van der Waals surface area (Å²) in [5.74, 6) is -0.427. The molecule has 0 unspecified atom stereocenters. The van der Waals surface area contributed by atoms with Crippen molar-refractivity contribution in [1.29, 1.82) is 0 Å². The molecule has 0 saturated carbocycles. The SMILES string of the molecule is Cc1cc(C)c(N2CCN(c3c(C)cc(C)cc3C)[C]2=[Ru]=[C]2C=C(c3ccccc3)c3ccccc32)c(C)c1.Cc1ccc(N=Cc2[c-]ccc([N+](=O)[O-])c2O)cc1.[Cl-]. The van der Waals surface area contributed by atoms with Crippen LogP contribution in [0, 0.1) is 64.6 Å². The van der Waals surface area contributed by atoms with Crippen LogP contribution >= 0.6 is 0 Å². The molecule has 0 bridgehead atoms. The fourth-order valence-electron chi connectivity index (χ4n) is 7.94. The summed E-state index contributed by atoms with van der Waals surface area (Å²) in [6.07, 6.45) is 3.83. The van der Waals surface area contributed by atoms with Crippen LogP contribution in [0.4, 0.5) is 22.7 Å². The predicted octanol–water partition coefficient (Wildman–Crippen LogP) is 7.86. The van der Waals surface area contributed by atoms with Gasteiger partial charge in [0.2, 0.25) is 5.69 Å². The second-order valence-electron chi connectivity index (χ2n) is 14.9. The van der Waals surface area contributed by atoms with Crippen LogP contribution in [0.5, 0.6) is 5.75 Å². The molecule has 0 radical (unpaired) electrons. The minimum absolute atomic E-state index is 0. The molecule has 0 amide bonds. The minimum atomic E-state index is -0.646. The van der Waals surface area contributed by atoms with Crippen LogP contribution in [0.2, 0.25) is 0 Å². The van der Waals surface area contributed by atoms with E-state index in [1.807, 2.05) is 31.2 Å². The molecule has 0 aromatic heterocycles. The van der Waals surface area contributed by atoms with Crippen molar-refractivity contribution in [3.63, 3.8) is 0 Å². The maximum Gasteiger partial charge on any atom is 0.232 e. The standard InChI is InChI=1S/C21H26N2.C15H10.C14H11N2O3.ClH.Ru/c1-14-9-16(3)20(17(4)10-14)22-7-8-23(13-22)21-18(5)11-15(2)12-19(21)6;1-2-6-12(7-3-1)15-11-10-13-8-4-5-9-14(13)15;1-10-5-7-12(8-6-10)15-9-11-3-2-4-13(14(11)17)16(18)19;;/h9-12H,7-8H2,1-6H3;1-9,11H;2,4-9,17H,1H3;1H;/q;;-1;;/p-1. The van der Waals surface area contributed by atoms with Gasteiger partial charge in [-0.1, -0.05) is 29.3 Å². The van der Waals surface area contributed by atoms with E-state index in [-0.39, 0.29) is 39.9 Å². The summed E-state index contributed by atoms with van der Waals surface area (Å²) in [6, 6.07) is 41.9. The Hall–Kier alpha value is -5.82. The Bertz CT molecular complexity index is 2570. The Kier molecular flexibility index (Phi) is 13.3. The van der Waals surface area contributed by atoms with E-state index < -0.39 is 10.7 Å². The van der Waals surface area contributed by atoms with Gasteiger partial charge >= 0.3 is 241 Å². The summed E-state index contributed by atoms with van der Waals surface area (Å²) < 4.78 is 2.94. The Morgan fingerprint density at radius 3 is 1.78 bits per heavy atom. The number of aryl methyl sites for hydroxylation is 7. The van der Waals surface area contributed by atoms with E-state index in [2.05, 4.69) is 147 Å². The number of anilines is 2. The molecule has 1 aliphatic heterocycles. The molecule has 6 aromatic carbocycles. The third-order valence-electron chi connectivity index (χ3n) is 10.3. The van der Waals surface area contributed by atoms with Gasteiger partial charge in [-0.25, -0.2) is 0 Å². The number of aliphatic imine (C=N–C) groups is 1. The third-order valence-corrected chi connectivity index (χ3v) is 12.8. The fraction of sp³-hybridized carbons (Fsp3) is 0.180. The van der Waals surface area contributed by atoms with E-state index in [4.69, 9.17) is 0 Å². The zero-order valence-electron chi connectivity index (χ0n) is 34.3. The van der Waals surface area contributed by atoms with Gasteiger partial charge < -0.3 is 22.5 Å². The first-order chi connectivity index (χ1) is 27.9. The van der Waals surface area contributed by atoms with Crippen molar-refractivity contribution in [3.8, 4) is 5.75 Å². The van der Waals surface area contributed by atoms with Gasteiger partial charge in [-0.2, -0.15) is 0 Å². The Morgan fingerprint density at radius 1 is 0.712 bits per heavy atom. The smallest absolute Gasteiger partial charge is 0.232 e. The average molecular weight is 888 g/mol. The normalized spacial score (nSPS) is 13.2. The van der Waals surface area contributed by atoms with Crippen molar-refractivity contribution in [1.82, 2.24) is 0 Å². The zero-order valence-corrected chi connectivity index (χ0v) is 36.8. The van der Waals surface area contributed by atoms with Crippen molar-refractivity contribution < 1.29 is 38.7 Å². The molecule has 1 N–H and O–H groups in total. The zero-order chi connectivity index (χ0) is 41.1. The molecular weight excluding hydrogens is 841 g/mol. The largest absolute Gasteiger partial charge is 1.00 e. The minimum Gasteiger partial charge on any atom is -1.00 e. The van der Waals surface area contributed by atoms with Crippen LogP contribution in [0.3, 0.4) is 0 Å². The summed E-state index contributed by atoms with van der Waals surface area (Å²) in [4.78, 5) is 19.5. The van der Waals surface area contributed by atoms with Crippen LogP contribution in [0.15, 0.2) is 126 Å². The van der Waals surface area contributed by atoms with Crippen molar-refractivity contribution in [3.05, 3.63) is 199 Å². The number of rotatable bonds is 6. The number of phenolic OH excluding ortho intramolecular Hbond substituents is 1. The molecule has 7 nitrogen and oxygen atoms in total. The van der Waals surface area contributed by atoms with Gasteiger partial charge in [-0.15, -0.1) is 12.1 Å². The number of phenols is 1. The van der Waals surface area contributed by atoms with Crippen LogP contribution in [0.25, 0.3) is 5.57 Å². The molecule has 59 heavy (non-hydrogen) atoms. The van der Waals surface area contributed by atoms with E-state index in [0.717, 1.165) is 18.7 Å². The number of fused-ring (bicyclic) bond motifs is 1. The fourth-order valence-corrected chi connectivity index (χ4v) is 10.6. The van der Waals surface area contributed by atoms with Crippen LogP contribution < -0.4 is 22.2 Å². The maximum atomic E-state index is 10.7. The van der Waals surface area contributed by atoms with Crippen LogP contribution in [0.1, 0.15) is 61.2 Å². The number of nitrogens with zero attached hydrogens (tertiary/aromatic N) is 4.